The van der Waals surface area contributed by atoms with Crippen LogP contribution in [0.2, 0.25) is 0 Å². The molecule has 7 heteroatoms. The van der Waals surface area contributed by atoms with Gasteiger partial charge in [0, 0.05) is 26.7 Å². The average molecular weight is 260 g/mol. The van der Waals surface area contributed by atoms with Crippen molar-refractivity contribution < 1.29 is 24.2 Å². The maximum atomic E-state index is 11.3. The average Bonchev–Trinajstić information content (AvgIpc) is 2.37. The van der Waals surface area contributed by atoms with E-state index in [-0.39, 0.29) is 18.6 Å². The third-order valence-corrected chi connectivity index (χ3v) is 2.74. The van der Waals surface area contributed by atoms with Gasteiger partial charge in [-0.2, -0.15) is 0 Å². The van der Waals surface area contributed by atoms with E-state index in [0.29, 0.717) is 32.7 Å². The van der Waals surface area contributed by atoms with Crippen LogP contribution in [0.15, 0.2) is 0 Å². The molecule has 0 aliphatic carbocycles. The SMILES string of the molecule is COCCNC(=O)COC1CNCC(C(=O)O)C1. The molecule has 2 unspecified atom stereocenters. The number of hydrogen-bond donors (Lipinski definition) is 3. The number of hydrogen-bond acceptors (Lipinski definition) is 5. The van der Waals surface area contributed by atoms with Crippen LogP contribution in [0.4, 0.5) is 0 Å². The number of rotatable bonds is 7. The summed E-state index contributed by atoms with van der Waals surface area (Å²) in [6.07, 6.45) is 0.209. The predicted molar refractivity (Wildman–Crippen MR) is 63.2 cm³/mol. The molecule has 1 heterocycles. The molecule has 1 amide bonds. The van der Waals surface area contributed by atoms with Crippen molar-refractivity contribution in [2.45, 2.75) is 12.5 Å². The van der Waals surface area contributed by atoms with E-state index in [2.05, 4.69) is 10.6 Å². The summed E-state index contributed by atoms with van der Waals surface area (Å²) in [6, 6.07) is 0. The topological polar surface area (TPSA) is 96.9 Å². The van der Waals surface area contributed by atoms with Crippen LogP contribution in [-0.4, -0.2) is 63.0 Å². The Labute approximate surface area is 106 Å². The summed E-state index contributed by atoms with van der Waals surface area (Å²) in [6.45, 7) is 1.88. The van der Waals surface area contributed by atoms with E-state index in [1.807, 2.05) is 0 Å². The van der Waals surface area contributed by atoms with Crippen LogP contribution >= 0.6 is 0 Å². The lowest BCUT2D eigenvalue weighted by Crippen LogP contribution is -2.44. The van der Waals surface area contributed by atoms with Crippen molar-refractivity contribution in [1.29, 1.82) is 0 Å². The fraction of sp³-hybridized carbons (Fsp3) is 0.818. The number of nitrogens with one attached hydrogen (secondary N) is 2. The van der Waals surface area contributed by atoms with Crippen molar-refractivity contribution in [3.8, 4) is 0 Å². The summed E-state index contributed by atoms with van der Waals surface area (Å²) in [5, 5.41) is 14.5. The number of piperidine rings is 1. The molecule has 1 saturated heterocycles. The Bertz CT molecular complexity index is 285. The van der Waals surface area contributed by atoms with Gasteiger partial charge in [0.25, 0.3) is 0 Å². The zero-order valence-electron chi connectivity index (χ0n) is 10.5. The fourth-order valence-corrected chi connectivity index (χ4v) is 1.75. The van der Waals surface area contributed by atoms with Gasteiger partial charge in [-0.3, -0.25) is 9.59 Å². The van der Waals surface area contributed by atoms with E-state index < -0.39 is 11.9 Å². The molecule has 104 valence electrons. The standard InChI is InChI=1S/C11H20N2O5/c1-17-3-2-13-10(14)7-18-9-4-8(11(15)16)5-12-6-9/h8-9,12H,2-7H2,1H3,(H,13,14)(H,15,16). The third kappa shape index (κ3) is 5.44. The Hall–Kier alpha value is -1.18. The minimum absolute atomic E-state index is 0.0532. The smallest absolute Gasteiger partial charge is 0.307 e. The third-order valence-electron chi connectivity index (χ3n) is 2.74. The van der Waals surface area contributed by atoms with Crippen LogP contribution in [0.3, 0.4) is 0 Å². The zero-order valence-corrected chi connectivity index (χ0v) is 10.5. The van der Waals surface area contributed by atoms with Crippen molar-refractivity contribution in [3.05, 3.63) is 0 Å². The first-order valence-corrected chi connectivity index (χ1v) is 5.94. The van der Waals surface area contributed by atoms with E-state index in [1.165, 1.54) is 0 Å². The number of aliphatic carboxylic acids is 1. The Kier molecular flexibility index (Phi) is 6.63. The van der Waals surface area contributed by atoms with Crippen LogP contribution in [-0.2, 0) is 19.1 Å². The summed E-state index contributed by atoms with van der Waals surface area (Å²) >= 11 is 0. The first-order valence-electron chi connectivity index (χ1n) is 5.94. The number of carbonyl (C=O) groups is 2. The summed E-state index contributed by atoms with van der Waals surface area (Å²) in [5.74, 6) is -1.50. The monoisotopic (exact) mass is 260 g/mol. The molecule has 1 aliphatic heterocycles. The molecular weight excluding hydrogens is 240 g/mol. The van der Waals surface area contributed by atoms with E-state index in [0.717, 1.165) is 0 Å². The van der Waals surface area contributed by atoms with Crippen molar-refractivity contribution in [1.82, 2.24) is 10.6 Å². The van der Waals surface area contributed by atoms with Gasteiger partial charge >= 0.3 is 5.97 Å². The van der Waals surface area contributed by atoms with Crippen LogP contribution in [0, 0.1) is 5.92 Å². The predicted octanol–water partition coefficient (Wildman–Crippen LogP) is -1.17. The minimum Gasteiger partial charge on any atom is -0.481 e. The second kappa shape index (κ2) is 8.02. The largest absolute Gasteiger partial charge is 0.481 e. The second-order valence-electron chi connectivity index (χ2n) is 4.20. The van der Waals surface area contributed by atoms with E-state index in [4.69, 9.17) is 14.6 Å². The molecule has 1 rings (SSSR count). The highest BCUT2D eigenvalue weighted by atomic mass is 16.5. The maximum absolute atomic E-state index is 11.3. The number of ether oxygens (including phenoxy) is 2. The summed E-state index contributed by atoms with van der Waals surface area (Å²) in [4.78, 5) is 22.2. The fourth-order valence-electron chi connectivity index (χ4n) is 1.75. The van der Waals surface area contributed by atoms with Crippen LogP contribution in [0.1, 0.15) is 6.42 Å². The van der Waals surface area contributed by atoms with Gasteiger partial charge in [0.05, 0.1) is 18.6 Å². The van der Waals surface area contributed by atoms with Crippen LogP contribution in [0.25, 0.3) is 0 Å². The summed E-state index contributed by atoms with van der Waals surface area (Å²) in [7, 11) is 1.56. The lowest BCUT2D eigenvalue weighted by atomic mass is 9.98. The van der Waals surface area contributed by atoms with Gasteiger partial charge in [-0.25, -0.2) is 0 Å². The summed E-state index contributed by atoms with van der Waals surface area (Å²) in [5.41, 5.74) is 0. The van der Waals surface area contributed by atoms with Gasteiger partial charge in [-0.15, -0.1) is 0 Å². The molecule has 0 saturated carbocycles. The van der Waals surface area contributed by atoms with Crippen molar-refractivity contribution in [2.75, 3.05) is 40.0 Å². The second-order valence-corrected chi connectivity index (χ2v) is 4.20. The highest BCUT2D eigenvalue weighted by Gasteiger charge is 2.27. The number of amides is 1. The number of carboxylic acid groups (broad SMARTS) is 1. The Morgan fingerprint density at radius 3 is 2.89 bits per heavy atom. The number of carbonyl (C=O) groups excluding carboxylic acids is 1. The van der Waals surface area contributed by atoms with E-state index in [9.17, 15) is 9.59 Å². The molecule has 0 bridgehead atoms. The highest BCUT2D eigenvalue weighted by molar-refractivity contribution is 5.77. The van der Waals surface area contributed by atoms with Crippen molar-refractivity contribution in [3.63, 3.8) is 0 Å². The first kappa shape index (κ1) is 14.9. The maximum Gasteiger partial charge on any atom is 0.307 e. The van der Waals surface area contributed by atoms with E-state index in [1.54, 1.807) is 7.11 Å². The molecule has 1 aliphatic rings. The van der Waals surface area contributed by atoms with Crippen LogP contribution in [0.5, 0.6) is 0 Å². The van der Waals surface area contributed by atoms with Gasteiger partial charge in [0.1, 0.15) is 6.61 Å². The van der Waals surface area contributed by atoms with Gasteiger partial charge in [0.2, 0.25) is 5.91 Å². The minimum atomic E-state index is -0.833. The lowest BCUT2D eigenvalue weighted by Gasteiger charge is -2.27. The molecular formula is C11H20N2O5. The van der Waals surface area contributed by atoms with Gasteiger partial charge in [-0.05, 0) is 6.42 Å². The first-order chi connectivity index (χ1) is 8.63. The Morgan fingerprint density at radius 1 is 1.44 bits per heavy atom. The number of methoxy groups -OCH3 is 1. The van der Waals surface area contributed by atoms with Crippen molar-refractivity contribution in [2.24, 2.45) is 5.92 Å². The molecule has 3 N–H and O–H groups in total. The molecule has 0 radical (unpaired) electrons. The van der Waals surface area contributed by atoms with Crippen LogP contribution < -0.4 is 10.6 Å². The van der Waals surface area contributed by atoms with Crippen molar-refractivity contribution >= 4 is 11.9 Å². The number of carboxylic acids is 1. The Balaban J connectivity index is 2.18. The lowest BCUT2D eigenvalue weighted by molar-refractivity contribution is -0.144. The molecule has 7 nitrogen and oxygen atoms in total. The van der Waals surface area contributed by atoms with E-state index >= 15 is 0 Å². The molecule has 18 heavy (non-hydrogen) atoms. The molecule has 2 atom stereocenters. The molecule has 0 aromatic rings. The molecule has 0 spiro atoms. The Morgan fingerprint density at radius 2 is 2.22 bits per heavy atom. The summed E-state index contributed by atoms with van der Waals surface area (Å²) < 4.78 is 10.2. The highest BCUT2D eigenvalue weighted by Crippen LogP contribution is 2.13. The quantitative estimate of drug-likeness (QED) is 0.499. The zero-order chi connectivity index (χ0) is 13.4. The van der Waals surface area contributed by atoms with Gasteiger partial charge < -0.3 is 25.2 Å². The molecule has 0 aromatic carbocycles. The van der Waals surface area contributed by atoms with Gasteiger partial charge in [-0.1, -0.05) is 0 Å². The molecule has 0 aromatic heterocycles. The van der Waals surface area contributed by atoms with Gasteiger partial charge in [0.15, 0.2) is 0 Å². The normalized spacial score (nSPS) is 23.6. The molecule has 1 fully saturated rings.